The highest BCUT2D eigenvalue weighted by Crippen LogP contribution is 2.29. The molecule has 0 spiro atoms. The van der Waals surface area contributed by atoms with E-state index in [0.717, 1.165) is 21.9 Å². The summed E-state index contributed by atoms with van der Waals surface area (Å²) < 4.78 is 5.88. The number of carbonyl (C=O) groups is 1. The highest BCUT2D eigenvalue weighted by Gasteiger charge is 2.18. The van der Waals surface area contributed by atoms with Crippen LogP contribution in [0.25, 0.3) is 21.9 Å². The first-order valence-corrected chi connectivity index (χ1v) is 10.4. The summed E-state index contributed by atoms with van der Waals surface area (Å²) in [4.78, 5) is 17.3. The fourth-order valence-corrected chi connectivity index (χ4v) is 4.05. The minimum Gasteiger partial charge on any atom is -0.454 e. The van der Waals surface area contributed by atoms with Crippen molar-refractivity contribution < 1.29 is 9.21 Å². The molecule has 5 aromatic rings. The van der Waals surface area contributed by atoms with Crippen molar-refractivity contribution >= 4 is 39.4 Å². The van der Waals surface area contributed by atoms with Crippen LogP contribution < -0.4 is 5.32 Å². The molecule has 31 heavy (non-hydrogen) atoms. The maximum absolute atomic E-state index is 13.2. The van der Waals surface area contributed by atoms with Gasteiger partial charge in [0.1, 0.15) is 5.58 Å². The molecule has 5 rings (SSSR count). The van der Waals surface area contributed by atoms with Crippen LogP contribution in [-0.2, 0) is 6.42 Å². The summed E-state index contributed by atoms with van der Waals surface area (Å²) in [5, 5.41) is 5.81. The summed E-state index contributed by atoms with van der Waals surface area (Å²) in [5.41, 5.74) is 3.92. The van der Waals surface area contributed by atoms with Gasteiger partial charge < -0.3 is 9.73 Å². The Balaban J connectivity index is 1.46. The van der Waals surface area contributed by atoms with Gasteiger partial charge in [0.05, 0.1) is 12.2 Å². The number of aromatic nitrogens is 1. The zero-order valence-corrected chi connectivity index (χ0v) is 17.3. The molecule has 2 heterocycles. The predicted molar refractivity (Wildman–Crippen MR) is 123 cm³/mol. The van der Waals surface area contributed by atoms with E-state index in [1.54, 1.807) is 18.5 Å². The summed E-state index contributed by atoms with van der Waals surface area (Å²) in [6.45, 7) is 0. The van der Waals surface area contributed by atoms with Crippen LogP contribution in [0.1, 0.15) is 27.5 Å². The molecule has 1 amide bonds. The summed E-state index contributed by atoms with van der Waals surface area (Å²) in [7, 11) is 0. The zero-order chi connectivity index (χ0) is 21.2. The molecule has 0 aliphatic rings. The number of benzene rings is 3. The van der Waals surface area contributed by atoms with Gasteiger partial charge in [0.15, 0.2) is 5.58 Å². The topological polar surface area (TPSA) is 55.1 Å². The average molecular weight is 427 g/mol. The zero-order valence-electron chi connectivity index (χ0n) is 16.6. The smallest absolute Gasteiger partial charge is 0.251 e. The molecule has 0 saturated heterocycles. The Morgan fingerprint density at radius 3 is 2.55 bits per heavy atom. The molecule has 5 heteroatoms. The third-order valence-electron chi connectivity index (χ3n) is 5.43. The van der Waals surface area contributed by atoms with E-state index < -0.39 is 0 Å². The van der Waals surface area contributed by atoms with Gasteiger partial charge in [-0.15, -0.1) is 0 Å². The Hall–Kier alpha value is -3.63. The molecule has 1 N–H and O–H groups in total. The summed E-state index contributed by atoms with van der Waals surface area (Å²) in [6, 6.07) is 24.8. The van der Waals surface area contributed by atoms with Crippen molar-refractivity contribution in [3.63, 3.8) is 0 Å². The number of carbonyl (C=O) groups excluding carboxylic acids is 1. The summed E-state index contributed by atoms with van der Waals surface area (Å²) in [6.07, 6.45) is 4.01. The Bertz CT molecular complexity index is 1380. The molecule has 0 radical (unpaired) electrons. The molecular formula is C26H19ClN2O2. The van der Waals surface area contributed by atoms with Crippen molar-refractivity contribution in [3.05, 3.63) is 113 Å². The van der Waals surface area contributed by atoms with E-state index in [1.807, 2.05) is 72.8 Å². The van der Waals surface area contributed by atoms with Crippen LogP contribution in [0.3, 0.4) is 0 Å². The predicted octanol–water partition coefficient (Wildman–Crippen LogP) is 6.35. The third-order valence-corrected chi connectivity index (χ3v) is 5.80. The van der Waals surface area contributed by atoms with E-state index >= 15 is 0 Å². The molecule has 0 aliphatic heterocycles. The van der Waals surface area contributed by atoms with Crippen molar-refractivity contribution in [2.24, 2.45) is 0 Å². The lowest BCUT2D eigenvalue weighted by molar-refractivity contribution is 0.0936. The molecule has 3 aromatic carbocycles. The van der Waals surface area contributed by atoms with Gasteiger partial charge in [-0.3, -0.25) is 9.78 Å². The first-order chi connectivity index (χ1) is 15.2. The number of hydrogen-bond donors (Lipinski definition) is 1. The van der Waals surface area contributed by atoms with Crippen molar-refractivity contribution in [2.75, 3.05) is 0 Å². The van der Waals surface area contributed by atoms with Gasteiger partial charge in [-0.25, -0.2) is 0 Å². The van der Waals surface area contributed by atoms with Gasteiger partial charge in [-0.1, -0.05) is 60.1 Å². The molecule has 4 nitrogen and oxygen atoms in total. The second-order valence-electron chi connectivity index (χ2n) is 7.42. The number of hydrogen-bond acceptors (Lipinski definition) is 3. The van der Waals surface area contributed by atoms with E-state index in [-0.39, 0.29) is 11.9 Å². The lowest BCUT2D eigenvalue weighted by atomic mass is 9.98. The number of furan rings is 1. The molecule has 0 fully saturated rings. The molecule has 0 saturated carbocycles. The van der Waals surface area contributed by atoms with Gasteiger partial charge in [-0.2, -0.15) is 0 Å². The number of rotatable bonds is 5. The van der Waals surface area contributed by atoms with Gasteiger partial charge in [0.25, 0.3) is 5.91 Å². The third kappa shape index (κ3) is 3.90. The van der Waals surface area contributed by atoms with Gasteiger partial charge in [0, 0.05) is 27.6 Å². The van der Waals surface area contributed by atoms with Crippen LogP contribution in [0.4, 0.5) is 0 Å². The quantitative estimate of drug-likeness (QED) is 0.356. The van der Waals surface area contributed by atoms with Crippen molar-refractivity contribution in [1.82, 2.24) is 10.3 Å². The van der Waals surface area contributed by atoms with Gasteiger partial charge >= 0.3 is 0 Å². The maximum Gasteiger partial charge on any atom is 0.251 e. The Kier molecular flexibility index (Phi) is 5.14. The molecule has 1 atom stereocenters. The average Bonchev–Trinajstić information content (AvgIpc) is 3.18. The lowest BCUT2D eigenvalue weighted by Gasteiger charge is -2.20. The van der Waals surface area contributed by atoms with Crippen LogP contribution in [0, 0.1) is 0 Å². The number of fused-ring (bicyclic) bond motifs is 3. The fourth-order valence-electron chi connectivity index (χ4n) is 3.84. The summed E-state index contributed by atoms with van der Waals surface area (Å²) in [5.74, 6) is -0.165. The number of halogens is 1. The monoisotopic (exact) mass is 426 g/mol. The molecule has 0 aliphatic carbocycles. The van der Waals surface area contributed by atoms with E-state index in [9.17, 15) is 4.79 Å². The SMILES string of the molecule is O=C(NC(Cc1ccccc1Cl)c1ccccc1)c1ccc2c(c1)oc1cnccc12. The van der Waals surface area contributed by atoms with Crippen LogP contribution in [0.15, 0.2) is 95.7 Å². The van der Waals surface area contributed by atoms with Crippen LogP contribution in [0.2, 0.25) is 5.02 Å². The maximum atomic E-state index is 13.2. The van der Waals surface area contributed by atoms with Crippen molar-refractivity contribution in [1.29, 1.82) is 0 Å². The largest absolute Gasteiger partial charge is 0.454 e. The van der Waals surface area contributed by atoms with E-state index in [2.05, 4.69) is 10.3 Å². The number of pyridine rings is 1. The van der Waals surface area contributed by atoms with E-state index in [4.69, 9.17) is 16.0 Å². The molecule has 152 valence electrons. The molecule has 1 unspecified atom stereocenters. The van der Waals surface area contributed by atoms with E-state index in [0.29, 0.717) is 28.2 Å². The Morgan fingerprint density at radius 1 is 0.935 bits per heavy atom. The first-order valence-electron chi connectivity index (χ1n) is 10.0. The van der Waals surface area contributed by atoms with E-state index in [1.165, 1.54) is 0 Å². The number of nitrogens with zero attached hydrogens (tertiary/aromatic N) is 1. The number of nitrogens with one attached hydrogen (secondary N) is 1. The second kappa shape index (κ2) is 8.25. The lowest BCUT2D eigenvalue weighted by Crippen LogP contribution is -2.30. The van der Waals surface area contributed by atoms with Crippen LogP contribution in [-0.4, -0.2) is 10.9 Å². The fraction of sp³-hybridized carbons (Fsp3) is 0.0769. The van der Waals surface area contributed by atoms with Crippen LogP contribution in [0.5, 0.6) is 0 Å². The Morgan fingerprint density at radius 2 is 1.71 bits per heavy atom. The van der Waals surface area contributed by atoms with Crippen LogP contribution >= 0.6 is 11.6 Å². The highest BCUT2D eigenvalue weighted by atomic mass is 35.5. The van der Waals surface area contributed by atoms with Gasteiger partial charge in [-0.05, 0) is 47.9 Å². The second-order valence-corrected chi connectivity index (χ2v) is 7.82. The highest BCUT2D eigenvalue weighted by molar-refractivity contribution is 6.31. The molecular weight excluding hydrogens is 408 g/mol. The summed E-state index contributed by atoms with van der Waals surface area (Å²) >= 11 is 6.38. The number of amides is 1. The van der Waals surface area contributed by atoms with Crippen molar-refractivity contribution in [2.45, 2.75) is 12.5 Å². The minimum absolute atomic E-state index is 0.165. The molecule has 0 bridgehead atoms. The van der Waals surface area contributed by atoms with Crippen molar-refractivity contribution in [3.8, 4) is 0 Å². The normalized spacial score (nSPS) is 12.2. The standard InChI is InChI=1S/C26H19ClN2O2/c27-22-9-5-4-8-18(22)14-23(17-6-2-1-3-7-17)29-26(30)19-10-11-20-21-12-13-28-16-25(21)31-24(20)15-19/h1-13,15-16,23H,14H2,(H,29,30). The van der Waals surface area contributed by atoms with Gasteiger partial charge in [0.2, 0.25) is 0 Å². The Labute approximate surface area is 184 Å². The molecule has 2 aromatic heterocycles. The first kappa shape index (κ1) is 19.3. The minimum atomic E-state index is -0.218.